The predicted octanol–water partition coefficient (Wildman–Crippen LogP) is 9.55. The summed E-state index contributed by atoms with van der Waals surface area (Å²) in [6.07, 6.45) is 0. The molecule has 2 aromatic heterocycles. The maximum Gasteiger partial charge on any atom is 0.207 e. The van der Waals surface area contributed by atoms with E-state index in [0.717, 1.165) is 49.3 Å². The molecule has 6 heteroatoms. The van der Waals surface area contributed by atoms with Crippen LogP contribution in [0.3, 0.4) is 0 Å². The first-order chi connectivity index (χ1) is 22.4. The fraction of sp³-hybridized carbons (Fsp3) is 0.195. The second-order valence-electron chi connectivity index (χ2n) is 14.3. The van der Waals surface area contributed by atoms with Crippen molar-refractivity contribution in [3.63, 3.8) is 0 Å². The second kappa shape index (κ2) is 10.7. The van der Waals surface area contributed by atoms with Crippen molar-refractivity contribution >= 4 is 55.4 Å². The number of hydrogen-bond acceptors (Lipinski definition) is 2. The van der Waals surface area contributed by atoms with E-state index in [2.05, 4.69) is 106 Å². The highest BCUT2D eigenvalue weighted by molar-refractivity contribution is 6.18. The Bertz CT molecular complexity index is 2450. The molecular weight excluding hydrogens is 576 g/mol. The van der Waals surface area contributed by atoms with Crippen LogP contribution in [-0.4, -0.2) is 20.9 Å². The maximum atomic E-state index is 9.65. The van der Waals surface area contributed by atoms with E-state index in [0.29, 0.717) is 11.1 Å². The first-order valence-electron chi connectivity index (χ1n) is 15.9. The summed E-state index contributed by atoms with van der Waals surface area (Å²) in [7, 11) is 0. The molecule has 7 rings (SSSR count). The van der Waals surface area contributed by atoms with E-state index < -0.39 is 0 Å². The predicted molar refractivity (Wildman–Crippen MR) is 196 cm³/mol. The number of nitriles is 1. The van der Waals surface area contributed by atoms with E-state index in [1.54, 1.807) is 0 Å². The van der Waals surface area contributed by atoms with Gasteiger partial charge in [-0.15, -0.1) is 0 Å². The first-order valence-corrected chi connectivity index (χ1v) is 15.9. The van der Waals surface area contributed by atoms with Crippen LogP contribution >= 0.6 is 0 Å². The molecule has 0 radical (unpaired) electrons. The third-order valence-corrected chi connectivity index (χ3v) is 9.08. The minimum Gasteiger partial charge on any atom is -0.369 e. The van der Waals surface area contributed by atoms with Crippen LogP contribution in [0.2, 0.25) is 0 Å². The van der Waals surface area contributed by atoms with Gasteiger partial charge >= 0.3 is 0 Å². The number of nitrogens with one attached hydrogen (secondary N) is 1. The summed E-state index contributed by atoms with van der Waals surface area (Å²) in [5, 5.41) is 22.7. The Kier molecular flexibility index (Phi) is 6.84. The van der Waals surface area contributed by atoms with Gasteiger partial charge < -0.3 is 10.3 Å². The molecule has 0 bridgehead atoms. The van der Waals surface area contributed by atoms with E-state index in [9.17, 15) is 5.26 Å². The molecule has 5 aromatic carbocycles. The van der Waals surface area contributed by atoms with Crippen LogP contribution in [0.25, 0.3) is 49.3 Å². The molecule has 0 aliphatic carbocycles. The molecule has 0 aliphatic rings. The molecule has 0 amide bonds. The van der Waals surface area contributed by atoms with Crippen LogP contribution in [0, 0.1) is 16.7 Å². The lowest BCUT2D eigenvalue weighted by Crippen LogP contribution is -2.26. The Hall–Kier alpha value is -5.67. The molecule has 0 atom stereocenters. The van der Waals surface area contributed by atoms with Crippen molar-refractivity contribution in [3.05, 3.63) is 125 Å². The number of rotatable bonds is 2. The van der Waals surface area contributed by atoms with Crippen molar-refractivity contribution < 1.29 is 0 Å². The molecule has 0 saturated carbocycles. The summed E-state index contributed by atoms with van der Waals surface area (Å²) in [5.41, 5.74) is 15.4. The van der Waals surface area contributed by atoms with E-state index in [4.69, 9.17) is 11.1 Å². The molecule has 0 unspecified atom stereocenters. The molecule has 232 valence electrons. The van der Waals surface area contributed by atoms with Crippen molar-refractivity contribution in [2.24, 2.45) is 10.7 Å². The van der Waals surface area contributed by atoms with Crippen LogP contribution < -0.4 is 5.73 Å². The normalized spacial score (nSPS) is 12.7. The first kappa shape index (κ1) is 30.0. The standard InChI is InChI=1S/C41H38N6/c1-40(2,3)27-21-32-31-23-28(46-34-15-11-10-14-29(34)30-20-25(24-42)16-18-35(30)46)17-19-36(31)47(37(32)33(22-27)41(4,5)6)39(44)45-38(43)26-12-8-7-9-13-26/h7-23H,1-6H3,(H3,43,44,45). The van der Waals surface area contributed by atoms with Crippen LogP contribution in [0.4, 0.5) is 0 Å². The van der Waals surface area contributed by atoms with Crippen molar-refractivity contribution in [1.29, 1.82) is 10.7 Å². The Labute approximate surface area is 274 Å². The van der Waals surface area contributed by atoms with Gasteiger partial charge in [0, 0.05) is 32.8 Å². The van der Waals surface area contributed by atoms with Crippen molar-refractivity contribution in [2.75, 3.05) is 0 Å². The number of aromatic nitrogens is 2. The lowest BCUT2D eigenvalue weighted by Gasteiger charge is -2.26. The van der Waals surface area contributed by atoms with Gasteiger partial charge in [-0.05, 0) is 70.5 Å². The van der Waals surface area contributed by atoms with Crippen LogP contribution in [0.1, 0.15) is 63.8 Å². The van der Waals surface area contributed by atoms with Gasteiger partial charge in [0.15, 0.2) is 5.84 Å². The van der Waals surface area contributed by atoms with Gasteiger partial charge in [0.2, 0.25) is 5.96 Å². The SMILES string of the molecule is CC(C)(C)c1cc(C(C)(C)C)c2c(c1)c1cc(-n3c4ccccc4c4cc(C#N)ccc43)ccc1n2/C(N)=N/C(=N)c1ccccc1. The fourth-order valence-electron chi connectivity index (χ4n) is 6.66. The van der Waals surface area contributed by atoms with E-state index in [-0.39, 0.29) is 22.6 Å². The highest BCUT2D eigenvalue weighted by Crippen LogP contribution is 2.41. The van der Waals surface area contributed by atoms with Gasteiger partial charge in [-0.25, -0.2) is 0 Å². The van der Waals surface area contributed by atoms with E-state index in [1.165, 1.54) is 11.1 Å². The summed E-state index contributed by atoms with van der Waals surface area (Å²) in [6.45, 7) is 13.4. The quantitative estimate of drug-likeness (QED) is 0.150. The molecule has 0 fully saturated rings. The van der Waals surface area contributed by atoms with Crippen molar-refractivity contribution in [1.82, 2.24) is 9.13 Å². The molecule has 2 heterocycles. The molecule has 0 saturated heterocycles. The van der Waals surface area contributed by atoms with Gasteiger partial charge in [-0.3, -0.25) is 9.98 Å². The monoisotopic (exact) mass is 614 g/mol. The summed E-state index contributed by atoms with van der Waals surface area (Å²) in [5.74, 6) is 0.363. The van der Waals surface area contributed by atoms with Crippen LogP contribution in [0.5, 0.6) is 0 Å². The summed E-state index contributed by atoms with van der Waals surface area (Å²) < 4.78 is 4.30. The van der Waals surface area contributed by atoms with Gasteiger partial charge in [-0.1, -0.05) is 96.1 Å². The topological polar surface area (TPSA) is 95.9 Å². The number of nitrogens with two attached hydrogens (primary N) is 1. The number of fused-ring (bicyclic) bond motifs is 6. The molecule has 6 nitrogen and oxygen atoms in total. The van der Waals surface area contributed by atoms with Gasteiger partial charge in [-0.2, -0.15) is 10.3 Å². The lowest BCUT2D eigenvalue weighted by molar-refractivity contribution is 0.572. The number of nitrogens with zero attached hydrogens (tertiary/aromatic N) is 4. The van der Waals surface area contributed by atoms with E-state index >= 15 is 0 Å². The fourth-order valence-corrected chi connectivity index (χ4v) is 6.66. The van der Waals surface area contributed by atoms with Gasteiger partial charge in [0.05, 0.1) is 33.7 Å². The average molecular weight is 615 g/mol. The number of hydrogen-bond donors (Lipinski definition) is 2. The maximum absolute atomic E-state index is 9.65. The molecule has 3 N–H and O–H groups in total. The zero-order valence-corrected chi connectivity index (χ0v) is 27.7. The lowest BCUT2D eigenvalue weighted by atomic mass is 9.79. The number of amidine groups is 1. The molecule has 7 aromatic rings. The van der Waals surface area contributed by atoms with Gasteiger partial charge in [0.1, 0.15) is 0 Å². The van der Waals surface area contributed by atoms with E-state index in [1.807, 2.05) is 59.2 Å². The van der Waals surface area contributed by atoms with Crippen LogP contribution in [-0.2, 0) is 10.8 Å². The smallest absolute Gasteiger partial charge is 0.207 e. The summed E-state index contributed by atoms with van der Waals surface area (Å²) >= 11 is 0. The highest BCUT2D eigenvalue weighted by Gasteiger charge is 2.27. The number of para-hydroxylation sites is 1. The largest absolute Gasteiger partial charge is 0.369 e. The molecule has 0 spiro atoms. The summed E-state index contributed by atoms with van der Waals surface area (Å²) in [4.78, 5) is 4.66. The minimum atomic E-state index is -0.201. The average Bonchev–Trinajstić information content (AvgIpc) is 3.55. The Morgan fingerprint density at radius 3 is 2.06 bits per heavy atom. The highest BCUT2D eigenvalue weighted by atomic mass is 15.2. The Balaban J connectivity index is 1.58. The Morgan fingerprint density at radius 1 is 0.702 bits per heavy atom. The van der Waals surface area contributed by atoms with Crippen molar-refractivity contribution in [2.45, 2.75) is 52.4 Å². The van der Waals surface area contributed by atoms with Crippen LogP contribution in [0.15, 0.2) is 108 Å². The molecule has 47 heavy (non-hydrogen) atoms. The molecular formula is C41H38N6. The second-order valence-corrected chi connectivity index (χ2v) is 14.3. The molecule has 0 aliphatic heterocycles. The third-order valence-electron chi connectivity index (χ3n) is 9.08. The summed E-state index contributed by atoms with van der Waals surface area (Å²) in [6, 6.07) is 37.1. The number of aliphatic imine (C=N–C) groups is 1. The van der Waals surface area contributed by atoms with Gasteiger partial charge in [0.25, 0.3) is 0 Å². The zero-order valence-electron chi connectivity index (χ0n) is 27.7. The van der Waals surface area contributed by atoms with Crippen molar-refractivity contribution in [3.8, 4) is 11.8 Å². The third kappa shape index (κ3) is 4.96. The Morgan fingerprint density at radius 2 is 1.36 bits per heavy atom. The minimum absolute atomic E-state index is 0.0828. The zero-order chi connectivity index (χ0) is 33.2. The number of benzene rings is 5.